The highest BCUT2D eigenvalue weighted by atomic mass is 19.3. The van der Waals surface area contributed by atoms with Crippen molar-refractivity contribution in [3.63, 3.8) is 0 Å². The van der Waals surface area contributed by atoms with Crippen molar-refractivity contribution in [2.45, 2.75) is 32.2 Å². The van der Waals surface area contributed by atoms with Gasteiger partial charge in [0.15, 0.2) is 0 Å². The highest BCUT2D eigenvalue weighted by molar-refractivity contribution is 5.36. The molecule has 3 N–H and O–H groups in total. The Balaban J connectivity index is 3.18. The Hall–Kier alpha value is -1.00. The topological polar surface area (TPSA) is 46.2 Å². The number of alkyl halides is 2. The number of aliphatic hydroxyl groups excluding tert-OH is 1. The second-order valence-corrected chi connectivity index (χ2v) is 4.10. The minimum atomic E-state index is -2.91. The van der Waals surface area contributed by atoms with Crippen LogP contribution in [0.15, 0.2) is 18.2 Å². The minimum Gasteiger partial charge on any atom is -0.396 e. The standard InChI is InChI=1S/C12H17F2NO/c1-8-3-4-10(12(2,13)14)9(7-8)11(15)5-6-16/h3-4,7,11,16H,5-6,15H2,1-2H3. The Morgan fingerprint density at radius 1 is 1.44 bits per heavy atom. The fourth-order valence-corrected chi connectivity index (χ4v) is 1.68. The molecule has 1 rings (SSSR count). The highest BCUT2D eigenvalue weighted by Crippen LogP contribution is 2.33. The van der Waals surface area contributed by atoms with Crippen LogP contribution in [0.25, 0.3) is 0 Å². The summed E-state index contributed by atoms with van der Waals surface area (Å²) in [7, 11) is 0. The zero-order chi connectivity index (χ0) is 12.3. The van der Waals surface area contributed by atoms with E-state index < -0.39 is 12.0 Å². The molecule has 1 atom stereocenters. The second kappa shape index (κ2) is 4.89. The van der Waals surface area contributed by atoms with E-state index in [1.807, 2.05) is 6.92 Å². The third kappa shape index (κ3) is 3.00. The molecule has 0 aliphatic carbocycles. The van der Waals surface area contributed by atoms with Gasteiger partial charge >= 0.3 is 0 Å². The Morgan fingerprint density at radius 3 is 2.56 bits per heavy atom. The summed E-state index contributed by atoms with van der Waals surface area (Å²) in [5.74, 6) is -2.91. The summed E-state index contributed by atoms with van der Waals surface area (Å²) in [6.45, 7) is 2.57. The zero-order valence-corrected chi connectivity index (χ0v) is 9.50. The van der Waals surface area contributed by atoms with Gasteiger partial charge in [0.2, 0.25) is 0 Å². The van der Waals surface area contributed by atoms with Crippen LogP contribution in [0.3, 0.4) is 0 Å². The molecule has 2 nitrogen and oxygen atoms in total. The van der Waals surface area contributed by atoms with E-state index in [9.17, 15) is 8.78 Å². The predicted octanol–water partition coefficient (Wildman–Crippen LogP) is 2.49. The Kier molecular flexibility index (Phi) is 3.99. The maximum Gasteiger partial charge on any atom is 0.270 e. The van der Waals surface area contributed by atoms with Crippen molar-refractivity contribution in [3.8, 4) is 0 Å². The molecule has 1 unspecified atom stereocenters. The summed E-state index contributed by atoms with van der Waals surface area (Å²) in [4.78, 5) is 0. The van der Waals surface area contributed by atoms with Gasteiger partial charge in [-0.05, 0) is 18.9 Å². The van der Waals surface area contributed by atoms with Crippen molar-refractivity contribution in [2.75, 3.05) is 6.61 Å². The predicted molar refractivity (Wildman–Crippen MR) is 59.4 cm³/mol. The number of benzene rings is 1. The summed E-state index contributed by atoms with van der Waals surface area (Å²) < 4.78 is 26.7. The molecule has 1 aromatic rings. The van der Waals surface area contributed by atoms with E-state index in [4.69, 9.17) is 10.8 Å². The number of rotatable bonds is 4. The number of aryl methyl sites for hydroxylation is 1. The lowest BCUT2D eigenvalue weighted by molar-refractivity contribution is 0.0160. The first-order valence-electron chi connectivity index (χ1n) is 5.21. The molecule has 0 saturated heterocycles. The number of hydrogen-bond donors (Lipinski definition) is 2. The first-order valence-corrected chi connectivity index (χ1v) is 5.21. The summed E-state index contributed by atoms with van der Waals surface area (Å²) in [5, 5.41) is 8.79. The maximum atomic E-state index is 13.3. The van der Waals surface area contributed by atoms with E-state index >= 15 is 0 Å². The summed E-state index contributed by atoms with van der Waals surface area (Å²) in [6.07, 6.45) is 0.284. The molecule has 16 heavy (non-hydrogen) atoms. The highest BCUT2D eigenvalue weighted by Gasteiger charge is 2.29. The van der Waals surface area contributed by atoms with E-state index in [0.29, 0.717) is 5.56 Å². The van der Waals surface area contributed by atoms with E-state index in [0.717, 1.165) is 12.5 Å². The third-order valence-electron chi connectivity index (χ3n) is 2.52. The Labute approximate surface area is 94.1 Å². The van der Waals surface area contributed by atoms with Gasteiger partial charge < -0.3 is 10.8 Å². The van der Waals surface area contributed by atoms with Crippen LogP contribution in [-0.4, -0.2) is 11.7 Å². The smallest absolute Gasteiger partial charge is 0.270 e. The summed E-state index contributed by atoms with van der Waals surface area (Å²) in [5.41, 5.74) is 7.03. The van der Waals surface area contributed by atoms with Crippen LogP contribution < -0.4 is 5.73 Å². The monoisotopic (exact) mass is 229 g/mol. The van der Waals surface area contributed by atoms with Gasteiger partial charge in [0.1, 0.15) is 0 Å². The average molecular weight is 229 g/mol. The van der Waals surface area contributed by atoms with Crippen LogP contribution in [0.2, 0.25) is 0 Å². The molecule has 4 heteroatoms. The van der Waals surface area contributed by atoms with Crippen molar-refractivity contribution in [1.82, 2.24) is 0 Å². The Morgan fingerprint density at radius 2 is 2.06 bits per heavy atom. The fourth-order valence-electron chi connectivity index (χ4n) is 1.68. The van der Waals surface area contributed by atoms with Crippen molar-refractivity contribution in [2.24, 2.45) is 5.73 Å². The summed E-state index contributed by atoms with van der Waals surface area (Å²) >= 11 is 0. The summed E-state index contributed by atoms with van der Waals surface area (Å²) in [6, 6.07) is 4.15. The minimum absolute atomic E-state index is 0.0564. The maximum absolute atomic E-state index is 13.3. The lowest BCUT2D eigenvalue weighted by Crippen LogP contribution is -2.19. The van der Waals surface area contributed by atoms with E-state index in [1.165, 1.54) is 6.07 Å². The van der Waals surface area contributed by atoms with Crippen LogP contribution in [-0.2, 0) is 5.92 Å². The molecule has 0 aliphatic rings. The van der Waals surface area contributed by atoms with Crippen molar-refractivity contribution in [1.29, 1.82) is 0 Å². The SMILES string of the molecule is Cc1ccc(C(C)(F)F)c(C(N)CCO)c1. The van der Waals surface area contributed by atoms with Crippen LogP contribution in [0.4, 0.5) is 8.78 Å². The molecule has 0 radical (unpaired) electrons. The van der Waals surface area contributed by atoms with Crippen LogP contribution in [0, 0.1) is 6.92 Å². The quantitative estimate of drug-likeness (QED) is 0.833. The van der Waals surface area contributed by atoms with Crippen molar-refractivity contribution >= 4 is 0 Å². The zero-order valence-electron chi connectivity index (χ0n) is 9.50. The number of hydrogen-bond acceptors (Lipinski definition) is 2. The second-order valence-electron chi connectivity index (χ2n) is 4.10. The lowest BCUT2D eigenvalue weighted by Gasteiger charge is -2.20. The molecular formula is C12H17F2NO. The average Bonchev–Trinajstić information content (AvgIpc) is 2.16. The first-order chi connectivity index (χ1) is 7.36. The van der Waals surface area contributed by atoms with Gasteiger partial charge in [-0.3, -0.25) is 0 Å². The molecule has 0 amide bonds. The van der Waals surface area contributed by atoms with Gasteiger partial charge in [0, 0.05) is 25.1 Å². The Bertz CT molecular complexity index is 361. The van der Waals surface area contributed by atoms with Crippen molar-refractivity contribution < 1.29 is 13.9 Å². The lowest BCUT2D eigenvalue weighted by atomic mass is 9.93. The number of halogens is 2. The molecule has 0 aromatic heterocycles. The van der Waals surface area contributed by atoms with Crippen molar-refractivity contribution in [3.05, 3.63) is 34.9 Å². The normalized spacial score (nSPS) is 13.9. The van der Waals surface area contributed by atoms with E-state index in [1.54, 1.807) is 12.1 Å². The van der Waals surface area contributed by atoms with Gasteiger partial charge in [-0.1, -0.05) is 23.8 Å². The molecule has 0 fully saturated rings. The molecule has 0 saturated carbocycles. The first kappa shape index (κ1) is 13.1. The molecule has 0 heterocycles. The van der Waals surface area contributed by atoms with E-state index in [2.05, 4.69) is 0 Å². The van der Waals surface area contributed by atoms with Crippen LogP contribution in [0.1, 0.15) is 36.1 Å². The molecule has 0 aliphatic heterocycles. The van der Waals surface area contributed by atoms with Gasteiger partial charge in [-0.25, -0.2) is 8.78 Å². The van der Waals surface area contributed by atoms with Gasteiger partial charge in [0.25, 0.3) is 5.92 Å². The molecule has 0 bridgehead atoms. The largest absolute Gasteiger partial charge is 0.396 e. The van der Waals surface area contributed by atoms with Gasteiger partial charge in [0.05, 0.1) is 0 Å². The molecule has 90 valence electrons. The number of aliphatic hydroxyl groups is 1. The molecule has 1 aromatic carbocycles. The third-order valence-corrected chi connectivity index (χ3v) is 2.52. The fraction of sp³-hybridized carbons (Fsp3) is 0.500. The van der Waals surface area contributed by atoms with Crippen LogP contribution >= 0.6 is 0 Å². The van der Waals surface area contributed by atoms with E-state index in [-0.39, 0.29) is 18.6 Å². The van der Waals surface area contributed by atoms with Crippen LogP contribution in [0.5, 0.6) is 0 Å². The molecule has 0 spiro atoms. The van der Waals surface area contributed by atoms with Gasteiger partial charge in [-0.2, -0.15) is 0 Å². The van der Waals surface area contributed by atoms with Gasteiger partial charge in [-0.15, -0.1) is 0 Å². The molecular weight excluding hydrogens is 212 g/mol. The number of nitrogens with two attached hydrogens (primary N) is 1.